The molecule has 126 valence electrons. The third-order valence-corrected chi connectivity index (χ3v) is 7.30. The van der Waals surface area contributed by atoms with Crippen LogP contribution >= 0.6 is 0 Å². The van der Waals surface area contributed by atoms with E-state index in [2.05, 4.69) is 37.8 Å². The topological polar surface area (TPSA) is 20.2 Å². The lowest BCUT2D eigenvalue weighted by Crippen LogP contribution is -2.40. The Morgan fingerprint density at radius 3 is 2.79 bits per heavy atom. The highest BCUT2D eigenvalue weighted by Gasteiger charge is 2.52. The molecule has 0 amide bonds. The molecule has 1 heteroatoms. The molecule has 3 aliphatic carbocycles. The van der Waals surface area contributed by atoms with Crippen molar-refractivity contribution in [1.82, 2.24) is 0 Å². The number of allylic oxidation sites excluding steroid dienone is 2. The number of rotatable bonds is 0. The Morgan fingerprint density at radius 2 is 2.04 bits per heavy atom. The number of benzene rings is 1. The minimum atomic E-state index is 0.360. The van der Waals surface area contributed by atoms with Crippen LogP contribution in [0.3, 0.4) is 0 Å². The first kappa shape index (κ1) is 15.8. The molecular weight excluding hydrogens is 292 g/mol. The first-order chi connectivity index (χ1) is 11.6. The van der Waals surface area contributed by atoms with Crippen molar-refractivity contribution in [3.05, 3.63) is 40.5 Å². The molecule has 4 atom stereocenters. The van der Waals surface area contributed by atoms with Crippen molar-refractivity contribution in [1.29, 1.82) is 0 Å². The van der Waals surface area contributed by atoms with Gasteiger partial charge >= 0.3 is 0 Å². The Bertz CT molecular complexity index is 760. The second-order valence-electron chi connectivity index (χ2n) is 8.17. The van der Waals surface area contributed by atoms with Gasteiger partial charge < -0.3 is 5.11 Å². The summed E-state index contributed by atoms with van der Waals surface area (Å²) in [6.45, 7) is 6.59. The summed E-state index contributed by atoms with van der Waals surface area (Å²) in [5.74, 6) is 8.70. The second kappa shape index (κ2) is 5.69. The van der Waals surface area contributed by atoms with Crippen LogP contribution in [0.1, 0.15) is 75.5 Å². The van der Waals surface area contributed by atoms with Crippen molar-refractivity contribution < 1.29 is 5.11 Å². The fourth-order valence-corrected chi connectivity index (χ4v) is 6.17. The van der Waals surface area contributed by atoms with Gasteiger partial charge in [0.25, 0.3) is 0 Å². The van der Waals surface area contributed by atoms with Crippen LogP contribution < -0.4 is 0 Å². The molecule has 0 saturated heterocycles. The third kappa shape index (κ3) is 2.16. The van der Waals surface area contributed by atoms with Crippen LogP contribution in [-0.4, -0.2) is 5.11 Å². The van der Waals surface area contributed by atoms with Gasteiger partial charge in [-0.1, -0.05) is 24.5 Å². The fourth-order valence-electron chi connectivity index (χ4n) is 6.17. The molecule has 0 bridgehead atoms. The second-order valence-corrected chi connectivity index (χ2v) is 8.17. The van der Waals surface area contributed by atoms with E-state index in [1.165, 1.54) is 43.2 Å². The van der Waals surface area contributed by atoms with Crippen molar-refractivity contribution in [2.24, 2.45) is 17.3 Å². The van der Waals surface area contributed by atoms with Gasteiger partial charge in [-0.3, -0.25) is 0 Å². The summed E-state index contributed by atoms with van der Waals surface area (Å²) in [7, 11) is 0. The zero-order valence-electron chi connectivity index (χ0n) is 15.2. The Balaban J connectivity index is 1.74. The zero-order chi connectivity index (χ0) is 16.9. The van der Waals surface area contributed by atoms with E-state index in [1.807, 2.05) is 13.0 Å². The quantitative estimate of drug-likeness (QED) is 0.490. The molecule has 0 unspecified atom stereocenters. The Hall–Kier alpha value is -1.68. The van der Waals surface area contributed by atoms with Crippen LogP contribution in [-0.2, 0) is 6.42 Å². The highest BCUT2D eigenvalue weighted by molar-refractivity contribution is 5.52. The molecule has 0 heterocycles. The zero-order valence-corrected chi connectivity index (χ0v) is 15.2. The molecule has 24 heavy (non-hydrogen) atoms. The average Bonchev–Trinajstić information content (AvgIpc) is 2.92. The van der Waals surface area contributed by atoms with Crippen molar-refractivity contribution >= 4 is 0 Å². The summed E-state index contributed by atoms with van der Waals surface area (Å²) in [5, 5.41) is 10.2. The summed E-state index contributed by atoms with van der Waals surface area (Å²) in [5.41, 5.74) is 5.81. The maximum Gasteiger partial charge on any atom is 0.131 e. The first-order valence-corrected chi connectivity index (χ1v) is 9.52. The molecule has 1 N–H and O–H groups in total. The van der Waals surface area contributed by atoms with Crippen molar-refractivity contribution in [3.8, 4) is 17.6 Å². The molecule has 0 aromatic heterocycles. The summed E-state index contributed by atoms with van der Waals surface area (Å²) in [6, 6.07) is 4.19. The minimum absolute atomic E-state index is 0.360. The van der Waals surface area contributed by atoms with Gasteiger partial charge in [-0.05, 0) is 98.8 Å². The minimum Gasteiger partial charge on any atom is -0.507 e. The summed E-state index contributed by atoms with van der Waals surface area (Å²) in [4.78, 5) is 0. The highest BCUT2D eigenvalue weighted by Crippen LogP contribution is 2.62. The largest absolute Gasteiger partial charge is 0.507 e. The molecule has 1 aromatic rings. The normalized spacial score (nSPS) is 35.6. The van der Waals surface area contributed by atoms with Crippen molar-refractivity contribution in [3.63, 3.8) is 0 Å². The average molecular weight is 320 g/mol. The van der Waals surface area contributed by atoms with E-state index in [1.54, 1.807) is 5.57 Å². The first-order valence-electron chi connectivity index (χ1n) is 9.52. The number of phenolic OH excluding ortho intramolecular Hbond substituents is 1. The number of phenols is 1. The van der Waals surface area contributed by atoms with E-state index < -0.39 is 0 Å². The number of fused-ring (bicyclic) bond motifs is 5. The molecule has 0 radical (unpaired) electrons. The van der Waals surface area contributed by atoms with Crippen LogP contribution in [0.4, 0.5) is 0 Å². The molecule has 1 aromatic carbocycles. The molecule has 4 rings (SSSR count). The van der Waals surface area contributed by atoms with Gasteiger partial charge in [-0.2, -0.15) is 0 Å². The lowest BCUT2D eigenvalue weighted by Gasteiger charge is -2.49. The third-order valence-electron chi connectivity index (χ3n) is 7.30. The maximum absolute atomic E-state index is 10.2. The lowest BCUT2D eigenvalue weighted by atomic mass is 9.55. The van der Waals surface area contributed by atoms with Crippen LogP contribution in [0, 0.1) is 29.1 Å². The van der Waals surface area contributed by atoms with E-state index in [9.17, 15) is 5.11 Å². The summed E-state index contributed by atoms with van der Waals surface area (Å²) >= 11 is 0. The Labute approximate surface area is 146 Å². The monoisotopic (exact) mass is 320 g/mol. The highest BCUT2D eigenvalue weighted by atomic mass is 16.3. The smallest absolute Gasteiger partial charge is 0.131 e. The van der Waals surface area contributed by atoms with Gasteiger partial charge in [0, 0.05) is 0 Å². The van der Waals surface area contributed by atoms with E-state index >= 15 is 0 Å². The van der Waals surface area contributed by atoms with Crippen LogP contribution in [0.15, 0.2) is 23.8 Å². The van der Waals surface area contributed by atoms with Gasteiger partial charge in [0.2, 0.25) is 0 Å². The molecule has 1 nitrogen and oxygen atoms in total. The maximum atomic E-state index is 10.2. The van der Waals surface area contributed by atoms with E-state index in [-0.39, 0.29) is 0 Å². The van der Waals surface area contributed by atoms with Gasteiger partial charge in [0.05, 0.1) is 5.56 Å². The Morgan fingerprint density at radius 1 is 1.21 bits per heavy atom. The number of aryl methyl sites for hydroxylation is 1. The SMILES string of the molecule is CC#Cc1cc2c(cc1O)CC[C@@H]1[C@@H]2CC[C@]2(C)C(=CC)CC[C@@H]12. The van der Waals surface area contributed by atoms with E-state index in [0.717, 1.165) is 23.8 Å². The van der Waals surface area contributed by atoms with Crippen molar-refractivity contribution in [2.75, 3.05) is 0 Å². The van der Waals surface area contributed by atoms with Gasteiger partial charge in [0.15, 0.2) is 0 Å². The van der Waals surface area contributed by atoms with Gasteiger partial charge in [-0.25, -0.2) is 0 Å². The molecule has 2 fully saturated rings. The number of hydrogen-bond acceptors (Lipinski definition) is 1. The molecule has 0 spiro atoms. The van der Waals surface area contributed by atoms with E-state index in [0.29, 0.717) is 17.1 Å². The van der Waals surface area contributed by atoms with Gasteiger partial charge in [-0.15, -0.1) is 5.92 Å². The molecule has 0 aliphatic heterocycles. The predicted octanol–water partition coefficient (Wildman–Crippen LogP) is 5.57. The molecular formula is C23H28O. The lowest BCUT2D eigenvalue weighted by molar-refractivity contribution is 0.0813. The molecule has 2 saturated carbocycles. The standard InChI is InChI=1S/C23H28O/c1-4-6-16-13-20-15(14-22(16)24)7-9-19-18(20)11-12-23(3)17(5-2)8-10-21(19)23/h5,13-14,18-19,21,24H,7-12H2,1-3H3/t18-,19+,21-,23+/m0/s1. The van der Waals surface area contributed by atoms with Crippen LogP contribution in [0.2, 0.25) is 0 Å². The Kier molecular flexibility index (Phi) is 3.75. The van der Waals surface area contributed by atoms with Crippen molar-refractivity contribution in [2.45, 2.75) is 65.2 Å². The predicted molar refractivity (Wildman–Crippen MR) is 99.0 cm³/mol. The summed E-state index contributed by atoms with van der Waals surface area (Å²) < 4.78 is 0. The van der Waals surface area contributed by atoms with E-state index in [4.69, 9.17) is 0 Å². The van der Waals surface area contributed by atoms with Crippen LogP contribution in [0.5, 0.6) is 5.75 Å². The summed E-state index contributed by atoms with van der Waals surface area (Å²) in [6.07, 6.45) is 10.1. The number of aromatic hydroxyl groups is 1. The molecule has 3 aliphatic rings. The fraction of sp³-hybridized carbons (Fsp3) is 0.565. The number of hydrogen-bond donors (Lipinski definition) is 1. The van der Waals surface area contributed by atoms with Crippen LogP contribution in [0.25, 0.3) is 0 Å². The van der Waals surface area contributed by atoms with Gasteiger partial charge in [0.1, 0.15) is 5.75 Å².